The Morgan fingerprint density at radius 2 is 1.79 bits per heavy atom. The van der Waals surface area contributed by atoms with Crippen LogP contribution in [0.2, 0.25) is 0 Å². The molecule has 100 valence electrons. The Balaban J connectivity index is 2.57. The number of carboxylic acid groups (broad SMARTS) is 1. The van der Waals surface area contributed by atoms with Crippen molar-refractivity contribution in [1.82, 2.24) is 0 Å². The largest absolute Gasteiger partial charge is 0.480 e. The molecule has 1 atom stereocenters. The standard InChI is InChI=1S/C13H13NO4S/c14-8-12(13(15)16)19(17,18)11-6-5-9-3-1-2-4-10(9)7-11/h1-7,12H,8,14H2,(H,15,16). The van der Waals surface area contributed by atoms with E-state index in [-0.39, 0.29) is 4.90 Å². The highest BCUT2D eigenvalue weighted by molar-refractivity contribution is 7.92. The van der Waals surface area contributed by atoms with Gasteiger partial charge in [0.2, 0.25) is 0 Å². The smallest absolute Gasteiger partial charge is 0.323 e. The van der Waals surface area contributed by atoms with Crippen molar-refractivity contribution >= 4 is 26.6 Å². The van der Waals surface area contributed by atoms with Crippen LogP contribution in [0.15, 0.2) is 47.4 Å². The normalized spacial score (nSPS) is 13.3. The van der Waals surface area contributed by atoms with E-state index < -0.39 is 27.6 Å². The van der Waals surface area contributed by atoms with Crippen LogP contribution in [0.1, 0.15) is 0 Å². The molecule has 0 aliphatic rings. The highest BCUT2D eigenvalue weighted by Gasteiger charge is 2.32. The van der Waals surface area contributed by atoms with E-state index in [1.54, 1.807) is 18.2 Å². The summed E-state index contributed by atoms with van der Waals surface area (Å²) in [6, 6.07) is 11.8. The minimum absolute atomic E-state index is 0.0240. The summed E-state index contributed by atoms with van der Waals surface area (Å²) < 4.78 is 24.4. The van der Waals surface area contributed by atoms with Gasteiger partial charge in [0.05, 0.1) is 4.90 Å². The third-order valence-electron chi connectivity index (χ3n) is 2.91. The maximum absolute atomic E-state index is 12.2. The molecule has 0 bridgehead atoms. The van der Waals surface area contributed by atoms with Gasteiger partial charge in [0.1, 0.15) is 0 Å². The fourth-order valence-corrected chi connectivity index (χ4v) is 3.27. The van der Waals surface area contributed by atoms with Crippen LogP contribution in [0, 0.1) is 0 Å². The molecule has 6 heteroatoms. The molecule has 0 aliphatic carbocycles. The first kappa shape index (κ1) is 13.5. The Kier molecular flexibility index (Phi) is 3.55. The lowest BCUT2D eigenvalue weighted by Gasteiger charge is -2.11. The molecule has 5 nitrogen and oxygen atoms in total. The number of carboxylic acids is 1. The van der Waals surface area contributed by atoms with Gasteiger partial charge in [-0.05, 0) is 22.9 Å². The molecule has 2 aromatic carbocycles. The summed E-state index contributed by atoms with van der Waals surface area (Å²) in [7, 11) is -3.97. The lowest BCUT2D eigenvalue weighted by Crippen LogP contribution is -2.37. The highest BCUT2D eigenvalue weighted by atomic mass is 32.2. The number of aliphatic carboxylic acids is 1. The van der Waals surface area contributed by atoms with E-state index in [0.717, 1.165) is 10.8 Å². The number of fused-ring (bicyclic) bond motifs is 1. The average molecular weight is 279 g/mol. The van der Waals surface area contributed by atoms with Gasteiger partial charge in [0, 0.05) is 6.54 Å². The second kappa shape index (κ2) is 4.99. The van der Waals surface area contributed by atoms with Gasteiger partial charge >= 0.3 is 5.97 Å². The summed E-state index contributed by atoms with van der Waals surface area (Å²) >= 11 is 0. The molecule has 2 aromatic rings. The van der Waals surface area contributed by atoms with Gasteiger partial charge in [-0.1, -0.05) is 30.3 Å². The van der Waals surface area contributed by atoms with Crippen molar-refractivity contribution in [3.63, 3.8) is 0 Å². The number of rotatable bonds is 4. The second-order valence-electron chi connectivity index (χ2n) is 4.12. The van der Waals surface area contributed by atoms with E-state index in [0.29, 0.717) is 0 Å². The first-order valence-electron chi connectivity index (χ1n) is 5.62. The fourth-order valence-electron chi connectivity index (χ4n) is 1.87. The number of nitrogens with two attached hydrogens (primary N) is 1. The summed E-state index contributed by atoms with van der Waals surface area (Å²) in [6.07, 6.45) is 0. The predicted octanol–water partition coefficient (Wildman–Crippen LogP) is 1.03. The number of sulfone groups is 1. The SMILES string of the molecule is NCC(C(=O)O)S(=O)(=O)c1ccc2ccccc2c1. The minimum atomic E-state index is -3.97. The molecular formula is C13H13NO4S. The molecule has 0 aliphatic heterocycles. The van der Waals surface area contributed by atoms with Gasteiger partial charge < -0.3 is 10.8 Å². The van der Waals surface area contributed by atoms with Gasteiger partial charge in [0.15, 0.2) is 15.1 Å². The zero-order valence-corrected chi connectivity index (χ0v) is 10.8. The summed E-state index contributed by atoms with van der Waals surface area (Å²) in [5.74, 6) is -1.43. The molecule has 0 aromatic heterocycles. The first-order chi connectivity index (χ1) is 8.96. The maximum Gasteiger partial charge on any atom is 0.323 e. The third-order valence-corrected chi connectivity index (χ3v) is 4.97. The average Bonchev–Trinajstić information content (AvgIpc) is 2.38. The van der Waals surface area contributed by atoms with Crippen molar-refractivity contribution < 1.29 is 18.3 Å². The van der Waals surface area contributed by atoms with Crippen LogP contribution in [0.4, 0.5) is 0 Å². The molecule has 0 saturated heterocycles. The molecular weight excluding hydrogens is 266 g/mol. The topological polar surface area (TPSA) is 97.5 Å². The molecule has 19 heavy (non-hydrogen) atoms. The van der Waals surface area contributed by atoms with Crippen LogP contribution >= 0.6 is 0 Å². The first-order valence-corrected chi connectivity index (χ1v) is 7.17. The Labute approximate surface area is 110 Å². The summed E-state index contributed by atoms with van der Waals surface area (Å²) in [5.41, 5.74) is 5.25. The van der Waals surface area contributed by atoms with Gasteiger partial charge in [-0.25, -0.2) is 8.42 Å². The van der Waals surface area contributed by atoms with Crippen LogP contribution in [0.25, 0.3) is 10.8 Å². The molecule has 0 saturated carbocycles. The number of benzene rings is 2. The Hall–Kier alpha value is -1.92. The molecule has 0 heterocycles. The van der Waals surface area contributed by atoms with Gasteiger partial charge in [-0.15, -0.1) is 0 Å². The van der Waals surface area contributed by atoms with Crippen LogP contribution < -0.4 is 5.73 Å². The van der Waals surface area contributed by atoms with Crippen LogP contribution in [-0.4, -0.2) is 31.3 Å². The van der Waals surface area contributed by atoms with Crippen molar-refractivity contribution in [1.29, 1.82) is 0 Å². The molecule has 3 N–H and O–H groups in total. The third kappa shape index (κ3) is 2.45. The quantitative estimate of drug-likeness (QED) is 0.871. The Morgan fingerprint density at radius 1 is 1.16 bits per heavy atom. The zero-order valence-electron chi connectivity index (χ0n) is 9.98. The molecule has 0 spiro atoms. The van der Waals surface area contributed by atoms with Crippen molar-refractivity contribution in [2.45, 2.75) is 10.1 Å². The highest BCUT2D eigenvalue weighted by Crippen LogP contribution is 2.22. The summed E-state index contributed by atoms with van der Waals surface area (Å²) in [4.78, 5) is 10.9. The lowest BCUT2D eigenvalue weighted by atomic mass is 10.1. The molecule has 0 radical (unpaired) electrons. The zero-order chi connectivity index (χ0) is 14.0. The van der Waals surface area contributed by atoms with Crippen molar-refractivity contribution in [3.8, 4) is 0 Å². The van der Waals surface area contributed by atoms with Gasteiger partial charge in [0.25, 0.3) is 0 Å². The molecule has 2 rings (SSSR count). The van der Waals surface area contributed by atoms with E-state index in [9.17, 15) is 13.2 Å². The predicted molar refractivity (Wildman–Crippen MR) is 71.6 cm³/mol. The number of hydrogen-bond acceptors (Lipinski definition) is 4. The van der Waals surface area contributed by atoms with Crippen LogP contribution in [0.5, 0.6) is 0 Å². The van der Waals surface area contributed by atoms with E-state index in [1.807, 2.05) is 12.1 Å². The summed E-state index contributed by atoms with van der Waals surface area (Å²) in [5, 5.41) is 8.94. The molecule has 0 fully saturated rings. The second-order valence-corrected chi connectivity index (χ2v) is 6.25. The van der Waals surface area contributed by atoms with E-state index in [1.165, 1.54) is 12.1 Å². The van der Waals surface area contributed by atoms with Crippen molar-refractivity contribution in [2.24, 2.45) is 5.73 Å². The molecule has 1 unspecified atom stereocenters. The van der Waals surface area contributed by atoms with Crippen LogP contribution in [0.3, 0.4) is 0 Å². The Bertz CT molecular complexity index is 724. The van der Waals surface area contributed by atoms with E-state index in [2.05, 4.69) is 0 Å². The monoisotopic (exact) mass is 279 g/mol. The summed E-state index contributed by atoms with van der Waals surface area (Å²) in [6.45, 7) is -0.454. The van der Waals surface area contributed by atoms with Gasteiger partial charge in [-0.2, -0.15) is 0 Å². The van der Waals surface area contributed by atoms with E-state index >= 15 is 0 Å². The lowest BCUT2D eigenvalue weighted by molar-refractivity contribution is -0.136. The van der Waals surface area contributed by atoms with Crippen molar-refractivity contribution in [3.05, 3.63) is 42.5 Å². The Morgan fingerprint density at radius 3 is 2.37 bits per heavy atom. The maximum atomic E-state index is 12.2. The number of carbonyl (C=O) groups is 1. The van der Waals surface area contributed by atoms with Crippen molar-refractivity contribution in [2.75, 3.05) is 6.54 Å². The minimum Gasteiger partial charge on any atom is -0.480 e. The van der Waals surface area contributed by atoms with E-state index in [4.69, 9.17) is 10.8 Å². The number of hydrogen-bond donors (Lipinski definition) is 2. The van der Waals surface area contributed by atoms with Crippen LogP contribution in [-0.2, 0) is 14.6 Å². The van der Waals surface area contributed by atoms with Gasteiger partial charge in [-0.3, -0.25) is 4.79 Å². The fraction of sp³-hybridized carbons (Fsp3) is 0.154. The molecule has 0 amide bonds.